The molecule has 0 aliphatic rings. The predicted octanol–water partition coefficient (Wildman–Crippen LogP) is 4.76. The van der Waals surface area contributed by atoms with Crippen LogP contribution in [0.5, 0.6) is 0 Å². The Morgan fingerprint density at radius 2 is 1.72 bits per heavy atom. The van der Waals surface area contributed by atoms with Gasteiger partial charge in [-0.3, -0.25) is 4.72 Å². The number of hydrogen-bond acceptors (Lipinski definition) is 4. The summed E-state index contributed by atoms with van der Waals surface area (Å²) in [4.78, 5) is 0.531. The van der Waals surface area contributed by atoms with Crippen molar-refractivity contribution in [3.05, 3.63) is 89.5 Å². The predicted molar refractivity (Wildman–Crippen MR) is 110 cm³/mol. The van der Waals surface area contributed by atoms with E-state index in [0.717, 1.165) is 35.7 Å². The summed E-state index contributed by atoms with van der Waals surface area (Å²) in [6.07, 6.45) is 0.550. The maximum atomic E-state index is 14.1. The Hall–Kier alpha value is -2.42. The molecule has 3 aromatic rings. The Morgan fingerprint density at radius 3 is 2.38 bits per heavy atom. The van der Waals surface area contributed by atoms with E-state index < -0.39 is 27.8 Å². The fraction of sp³-hybridized carbons (Fsp3) is 0.143. The molecule has 3 aromatic carbocycles. The molecule has 3 rings (SSSR count). The standard InChI is InChI=1S/C21H19F2NO3S2/c1-29(26,27)24-18-9-7-15(19(25)11-14-5-3-2-4-6-14)12-21(18)28-20-10-8-16(22)13-17(20)23/h2-10,12-13,19,24-25H,11H2,1H3. The molecule has 29 heavy (non-hydrogen) atoms. The molecule has 0 saturated carbocycles. The number of aliphatic hydroxyl groups is 1. The van der Waals surface area contributed by atoms with Crippen LogP contribution in [-0.4, -0.2) is 19.8 Å². The zero-order valence-corrected chi connectivity index (χ0v) is 17.1. The molecule has 0 aliphatic heterocycles. The molecule has 0 radical (unpaired) electrons. The van der Waals surface area contributed by atoms with Gasteiger partial charge in [-0.2, -0.15) is 0 Å². The van der Waals surface area contributed by atoms with Crippen LogP contribution in [0.2, 0.25) is 0 Å². The fourth-order valence-corrected chi connectivity index (χ4v) is 4.34. The van der Waals surface area contributed by atoms with Crippen LogP contribution in [-0.2, 0) is 16.4 Å². The van der Waals surface area contributed by atoms with Crippen LogP contribution in [0.25, 0.3) is 0 Å². The molecule has 0 bridgehead atoms. The number of halogens is 2. The van der Waals surface area contributed by atoms with Crippen molar-refractivity contribution in [2.45, 2.75) is 22.3 Å². The highest BCUT2D eigenvalue weighted by Gasteiger charge is 2.16. The van der Waals surface area contributed by atoms with E-state index in [-0.39, 0.29) is 10.6 Å². The van der Waals surface area contributed by atoms with Gasteiger partial charge in [-0.1, -0.05) is 48.2 Å². The lowest BCUT2D eigenvalue weighted by Crippen LogP contribution is -2.11. The third-order valence-corrected chi connectivity index (χ3v) is 5.77. The van der Waals surface area contributed by atoms with Gasteiger partial charge in [0.15, 0.2) is 0 Å². The van der Waals surface area contributed by atoms with E-state index >= 15 is 0 Å². The molecular weight excluding hydrogens is 416 g/mol. The van der Waals surface area contributed by atoms with Gasteiger partial charge >= 0.3 is 0 Å². The van der Waals surface area contributed by atoms with Gasteiger partial charge in [0.2, 0.25) is 10.0 Å². The lowest BCUT2D eigenvalue weighted by Gasteiger charge is -2.16. The Morgan fingerprint density at radius 1 is 1.00 bits per heavy atom. The van der Waals surface area contributed by atoms with Crippen molar-refractivity contribution in [3.8, 4) is 0 Å². The number of aliphatic hydroxyl groups excluding tert-OH is 1. The van der Waals surface area contributed by atoms with Gasteiger partial charge in [-0.15, -0.1) is 0 Å². The molecule has 4 nitrogen and oxygen atoms in total. The molecule has 1 unspecified atom stereocenters. The van der Waals surface area contributed by atoms with E-state index in [0.29, 0.717) is 16.9 Å². The van der Waals surface area contributed by atoms with Crippen molar-refractivity contribution < 1.29 is 22.3 Å². The van der Waals surface area contributed by atoms with E-state index in [4.69, 9.17) is 0 Å². The molecule has 0 heterocycles. The molecule has 8 heteroatoms. The smallest absolute Gasteiger partial charge is 0.229 e. The lowest BCUT2D eigenvalue weighted by atomic mass is 10.0. The van der Waals surface area contributed by atoms with Crippen molar-refractivity contribution in [2.24, 2.45) is 0 Å². The SMILES string of the molecule is CS(=O)(=O)Nc1ccc(C(O)Cc2ccccc2)cc1Sc1ccc(F)cc1F. The van der Waals surface area contributed by atoms with Crippen LogP contribution < -0.4 is 4.72 Å². The minimum atomic E-state index is -3.57. The van der Waals surface area contributed by atoms with Crippen molar-refractivity contribution in [3.63, 3.8) is 0 Å². The number of hydrogen-bond donors (Lipinski definition) is 2. The largest absolute Gasteiger partial charge is 0.388 e. The summed E-state index contributed by atoms with van der Waals surface area (Å²) < 4.78 is 53.1. The molecule has 0 fully saturated rings. The molecule has 1 atom stereocenters. The van der Waals surface area contributed by atoms with E-state index in [1.807, 2.05) is 30.3 Å². The first-order valence-electron chi connectivity index (χ1n) is 8.68. The summed E-state index contributed by atoms with van der Waals surface area (Å²) >= 11 is 0.948. The zero-order valence-electron chi connectivity index (χ0n) is 15.5. The van der Waals surface area contributed by atoms with Crippen LogP contribution in [0, 0.1) is 11.6 Å². The van der Waals surface area contributed by atoms with Crippen molar-refractivity contribution in [1.82, 2.24) is 0 Å². The molecule has 2 N–H and O–H groups in total. The number of rotatable bonds is 7. The molecule has 0 aliphatic carbocycles. The highest BCUT2D eigenvalue weighted by atomic mass is 32.2. The fourth-order valence-electron chi connectivity index (χ4n) is 2.75. The highest BCUT2D eigenvalue weighted by molar-refractivity contribution is 7.99. The van der Waals surface area contributed by atoms with Crippen LogP contribution in [0.4, 0.5) is 14.5 Å². The van der Waals surface area contributed by atoms with E-state index in [1.165, 1.54) is 12.1 Å². The molecule has 0 spiro atoms. The van der Waals surface area contributed by atoms with Crippen LogP contribution in [0.15, 0.2) is 76.5 Å². The summed E-state index contributed by atoms with van der Waals surface area (Å²) in [6.45, 7) is 0. The highest BCUT2D eigenvalue weighted by Crippen LogP contribution is 2.37. The van der Waals surface area contributed by atoms with Gasteiger partial charge in [0.05, 0.1) is 18.0 Å². The van der Waals surface area contributed by atoms with E-state index in [2.05, 4.69) is 4.72 Å². The first kappa shape index (κ1) is 21.3. The second-order valence-electron chi connectivity index (χ2n) is 6.51. The van der Waals surface area contributed by atoms with Gasteiger partial charge in [0.25, 0.3) is 0 Å². The molecular formula is C21H19F2NO3S2. The van der Waals surface area contributed by atoms with Crippen LogP contribution in [0.1, 0.15) is 17.2 Å². The van der Waals surface area contributed by atoms with Gasteiger partial charge in [0, 0.05) is 22.3 Å². The number of anilines is 1. The number of sulfonamides is 1. The maximum Gasteiger partial charge on any atom is 0.229 e. The van der Waals surface area contributed by atoms with Gasteiger partial charge < -0.3 is 5.11 Å². The normalized spacial score (nSPS) is 12.6. The Labute approximate surface area is 172 Å². The van der Waals surface area contributed by atoms with Crippen molar-refractivity contribution >= 4 is 27.5 Å². The number of nitrogens with one attached hydrogen (secondary N) is 1. The topological polar surface area (TPSA) is 66.4 Å². The maximum absolute atomic E-state index is 14.1. The van der Waals surface area contributed by atoms with Gasteiger partial charge in [-0.25, -0.2) is 17.2 Å². The second kappa shape index (κ2) is 8.94. The summed E-state index contributed by atoms with van der Waals surface area (Å²) in [5.41, 5.74) is 1.74. The van der Waals surface area contributed by atoms with Crippen LogP contribution >= 0.6 is 11.8 Å². The van der Waals surface area contributed by atoms with Crippen molar-refractivity contribution in [1.29, 1.82) is 0 Å². The van der Waals surface area contributed by atoms with Gasteiger partial charge in [-0.05, 0) is 35.4 Å². The lowest BCUT2D eigenvalue weighted by molar-refractivity contribution is 0.178. The third-order valence-electron chi connectivity index (χ3n) is 4.07. The monoisotopic (exact) mass is 435 g/mol. The van der Waals surface area contributed by atoms with E-state index in [1.54, 1.807) is 12.1 Å². The Balaban J connectivity index is 1.94. The average Bonchev–Trinajstić information content (AvgIpc) is 2.65. The molecule has 0 amide bonds. The first-order valence-corrected chi connectivity index (χ1v) is 11.4. The third kappa shape index (κ3) is 6.03. The molecule has 0 aromatic heterocycles. The quantitative estimate of drug-likeness (QED) is 0.561. The summed E-state index contributed by atoms with van der Waals surface area (Å²) in [5.74, 6) is -1.45. The zero-order chi connectivity index (χ0) is 21.0. The minimum Gasteiger partial charge on any atom is -0.388 e. The average molecular weight is 436 g/mol. The van der Waals surface area contributed by atoms with Crippen molar-refractivity contribution in [2.75, 3.05) is 11.0 Å². The summed E-state index contributed by atoms with van der Waals surface area (Å²) in [6, 6.07) is 17.3. The van der Waals surface area contributed by atoms with Crippen LogP contribution in [0.3, 0.4) is 0 Å². The molecule has 152 valence electrons. The van der Waals surface area contributed by atoms with Gasteiger partial charge in [0.1, 0.15) is 11.6 Å². The number of benzene rings is 3. The Kier molecular flexibility index (Phi) is 6.56. The Bertz CT molecular complexity index is 1110. The first-order chi connectivity index (χ1) is 13.7. The van der Waals surface area contributed by atoms with E-state index in [9.17, 15) is 22.3 Å². The summed E-state index contributed by atoms with van der Waals surface area (Å²) in [5, 5.41) is 10.6. The minimum absolute atomic E-state index is 0.137. The second-order valence-corrected chi connectivity index (χ2v) is 9.34. The summed E-state index contributed by atoms with van der Waals surface area (Å²) in [7, 11) is -3.57. The molecule has 0 saturated heterocycles.